The van der Waals surface area contributed by atoms with Crippen LogP contribution in [0.5, 0.6) is 0 Å². The van der Waals surface area contributed by atoms with Gasteiger partial charge in [0, 0.05) is 63.0 Å². The van der Waals surface area contributed by atoms with Crippen LogP contribution in [0.15, 0.2) is 36.7 Å². The van der Waals surface area contributed by atoms with Crippen LogP contribution < -0.4 is 5.73 Å². The molecular formula is C21H24N8O. The quantitative estimate of drug-likeness (QED) is 0.536. The number of pyridine rings is 1. The van der Waals surface area contributed by atoms with Crippen molar-refractivity contribution in [2.45, 2.75) is 13.5 Å². The van der Waals surface area contributed by atoms with Gasteiger partial charge in [0.2, 0.25) is 5.91 Å². The predicted molar refractivity (Wildman–Crippen MR) is 116 cm³/mol. The highest BCUT2D eigenvalue weighted by Crippen LogP contribution is 2.29. The lowest BCUT2D eigenvalue weighted by Gasteiger charge is -2.34. The van der Waals surface area contributed by atoms with Gasteiger partial charge in [-0.3, -0.25) is 19.5 Å². The molecule has 0 saturated carbocycles. The summed E-state index contributed by atoms with van der Waals surface area (Å²) in [6, 6.07) is 8.01. The molecule has 0 bridgehead atoms. The third kappa shape index (κ3) is 3.37. The Morgan fingerprint density at radius 2 is 1.97 bits per heavy atom. The molecule has 9 nitrogen and oxygen atoms in total. The van der Waals surface area contributed by atoms with Crippen molar-refractivity contribution >= 4 is 33.5 Å². The van der Waals surface area contributed by atoms with Crippen molar-refractivity contribution in [1.82, 2.24) is 34.8 Å². The molecule has 30 heavy (non-hydrogen) atoms. The second kappa shape index (κ2) is 7.42. The SMILES string of the molecule is CC(=O)N1CCN(CCn2cc3c(N)nc4cc(-c5ccn[nH]5)ccc4c3n2)CC1. The number of nitrogens with one attached hydrogen (secondary N) is 1. The summed E-state index contributed by atoms with van der Waals surface area (Å²) in [6.45, 7) is 6.64. The van der Waals surface area contributed by atoms with Crippen LogP contribution in [0.3, 0.4) is 0 Å². The molecule has 0 atom stereocenters. The molecule has 5 rings (SSSR count). The summed E-state index contributed by atoms with van der Waals surface area (Å²) >= 11 is 0. The minimum atomic E-state index is 0.151. The van der Waals surface area contributed by atoms with Crippen molar-refractivity contribution in [2.24, 2.45) is 0 Å². The maximum atomic E-state index is 11.5. The molecular weight excluding hydrogens is 380 g/mol. The number of carbonyl (C=O) groups excluding carboxylic acids is 1. The summed E-state index contributed by atoms with van der Waals surface area (Å²) in [4.78, 5) is 20.3. The van der Waals surface area contributed by atoms with E-state index in [1.807, 2.05) is 40.0 Å². The number of H-pyrrole nitrogens is 1. The summed E-state index contributed by atoms with van der Waals surface area (Å²) < 4.78 is 1.95. The standard InChI is InChI=1S/C21H24N8O/c1-14(30)28-9-6-27(7-10-28)8-11-29-13-17-20(26-29)16-3-2-15(18-4-5-23-25-18)12-19(16)24-21(17)22/h2-5,12-13H,6-11H2,1H3,(H2,22,24)(H,23,25). The van der Waals surface area contributed by atoms with E-state index >= 15 is 0 Å². The van der Waals surface area contributed by atoms with E-state index in [-0.39, 0.29) is 5.91 Å². The van der Waals surface area contributed by atoms with Crippen LogP contribution in [-0.2, 0) is 11.3 Å². The normalized spacial score (nSPS) is 15.3. The number of fused-ring (bicyclic) bond motifs is 3. The molecule has 3 N–H and O–H groups in total. The smallest absolute Gasteiger partial charge is 0.219 e. The molecule has 4 aromatic rings. The van der Waals surface area contributed by atoms with Crippen molar-refractivity contribution in [3.8, 4) is 11.3 Å². The van der Waals surface area contributed by atoms with E-state index in [9.17, 15) is 4.79 Å². The number of benzene rings is 1. The highest BCUT2D eigenvalue weighted by molar-refractivity contribution is 6.08. The fraction of sp³-hybridized carbons (Fsp3) is 0.333. The zero-order chi connectivity index (χ0) is 20.7. The Morgan fingerprint density at radius 1 is 1.13 bits per heavy atom. The lowest BCUT2D eigenvalue weighted by Crippen LogP contribution is -2.48. The Morgan fingerprint density at radius 3 is 2.70 bits per heavy atom. The molecule has 1 aliphatic rings. The minimum absolute atomic E-state index is 0.151. The first-order valence-electron chi connectivity index (χ1n) is 10.1. The molecule has 1 amide bonds. The molecule has 1 saturated heterocycles. The van der Waals surface area contributed by atoms with Crippen LogP contribution in [0.1, 0.15) is 6.92 Å². The Hall–Kier alpha value is -3.46. The van der Waals surface area contributed by atoms with E-state index in [1.165, 1.54) is 0 Å². The number of aromatic nitrogens is 5. The molecule has 9 heteroatoms. The van der Waals surface area contributed by atoms with Crippen LogP contribution in [0.4, 0.5) is 5.82 Å². The van der Waals surface area contributed by atoms with Crippen LogP contribution in [0.2, 0.25) is 0 Å². The predicted octanol–water partition coefficient (Wildman–Crippen LogP) is 1.72. The van der Waals surface area contributed by atoms with Crippen LogP contribution >= 0.6 is 0 Å². The van der Waals surface area contributed by atoms with E-state index in [0.717, 1.165) is 72.3 Å². The van der Waals surface area contributed by atoms with Gasteiger partial charge >= 0.3 is 0 Å². The lowest BCUT2D eigenvalue weighted by molar-refractivity contribution is -0.130. The number of anilines is 1. The number of nitrogens with two attached hydrogens (primary N) is 1. The number of hydrogen-bond donors (Lipinski definition) is 2. The van der Waals surface area contributed by atoms with Crippen LogP contribution in [0, 0.1) is 0 Å². The zero-order valence-electron chi connectivity index (χ0n) is 16.9. The maximum absolute atomic E-state index is 11.5. The van der Waals surface area contributed by atoms with Gasteiger partial charge in [0.1, 0.15) is 11.3 Å². The van der Waals surface area contributed by atoms with Crippen molar-refractivity contribution in [1.29, 1.82) is 0 Å². The van der Waals surface area contributed by atoms with E-state index in [2.05, 4.69) is 20.1 Å². The second-order valence-corrected chi connectivity index (χ2v) is 7.70. The van der Waals surface area contributed by atoms with Crippen molar-refractivity contribution in [3.63, 3.8) is 0 Å². The fourth-order valence-electron chi connectivity index (χ4n) is 4.05. The average molecular weight is 404 g/mol. The van der Waals surface area contributed by atoms with E-state index in [4.69, 9.17) is 10.8 Å². The molecule has 1 aromatic carbocycles. The third-order valence-corrected chi connectivity index (χ3v) is 5.81. The van der Waals surface area contributed by atoms with E-state index < -0.39 is 0 Å². The number of nitrogens with zero attached hydrogens (tertiary/aromatic N) is 6. The molecule has 0 unspecified atom stereocenters. The van der Waals surface area contributed by atoms with Crippen molar-refractivity contribution in [2.75, 3.05) is 38.5 Å². The third-order valence-electron chi connectivity index (χ3n) is 5.81. The van der Waals surface area contributed by atoms with Gasteiger partial charge in [-0.2, -0.15) is 10.2 Å². The fourth-order valence-corrected chi connectivity index (χ4v) is 4.05. The van der Waals surface area contributed by atoms with Gasteiger partial charge in [0.15, 0.2) is 0 Å². The Bertz CT molecular complexity index is 1200. The van der Waals surface area contributed by atoms with Gasteiger partial charge in [-0.05, 0) is 18.2 Å². The van der Waals surface area contributed by atoms with Gasteiger partial charge in [0.05, 0.1) is 23.1 Å². The summed E-state index contributed by atoms with van der Waals surface area (Å²) in [6.07, 6.45) is 3.71. The first-order valence-corrected chi connectivity index (χ1v) is 10.1. The Balaban J connectivity index is 1.38. The average Bonchev–Trinajstić information content (AvgIpc) is 3.43. The van der Waals surface area contributed by atoms with Gasteiger partial charge in [-0.15, -0.1) is 0 Å². The lowest BCUT2D eigenvalue weighted by atomic mass is 10.1. The number of carbonyl (C=O) groups is 1. The Kier molecular flexibility index (Phi) is 4.59. The molecule has 0 spiro atoms. The Labute approximate surface area is 173 Å². The molecule has 154 valence electrons. The number of aromatic amines is 1. The zero-order valence-corrected chi connectivity index (χ0v) is 16.9. The van der Waals surface area contributed by atoms with Crippen LogP contribution in [0.25, 0.3) is 33.1 Å². The van der Waals surface area contributed by atoms with E-state index in [0.29, 0.717) is 5.82 Å². The largest absolute Gasteiger partial charge is 0.383 e. The van der Waals surface area contributed by atoms with Crippen molar-refractivity contribution in [3.05, 3.63) is 36.7 Å². The first-order chi connectivity index (χ1) is 14.6. The number of nitrogen functional groups attached to an aromatic ring is 1. The number of piperazine rings is 1. The van der Waals surface area contributed by atoms with Gasteiger partial charge in [0.25, 0.3) is 0 Å². The van der Waals surface area contributed by atoms with Gasteiger partial charge < -0.3 is 10.6 Å². The maximum Gasteiger partial charge on any atom is 0.219 e. The minimum Gasteiger partial charge on any atom is -0.383 e. The molecule has 4 heterocycles. The molecule has 0 radical (unpaired) electrons. The molecule has 3 aromatic heterocycles. The number of amides is 1. The highest BCUT2D eigenvalue weighted by Gasteiger charge is 2.18. The number of rotatable bonds is 4. The summed E-state index contributed by atoms with van der Waals surface area (Å²) in [5.41, 5.74) is 9.89. The highest BCUT2D eigenvalue weighted by atomic mass is 16.2. The number of hydrogen-bond acceptors (Lipinski definition) is 6. The summed E-state index contributed by atoms with van der Waals surface area (Å²) in [5.74, 6) is 0.638. The molecule has 0 aliphatic carbocycles. The van der Waals surface area contributed by atoms with Crippen LogP contribution in [-0.4, -0.2) is 73.4 Å². The van der Waals surface area contributed by atoms with Gasteiger partial charge in [-0.25, -0.2) is 4.98 Å². The topological polar surface area (TPSA) is 109 Å². The summed E-state index contributed by atoms with van der Waals surface area (Å²) in [7, 11) is 0. The van der Waals surface area contributed by atoms with Gasteiger partial charge in [-0.1, -0.05) is 6.07 Å². The van der Waals surface area contributed by atoms with E-state index in [1.54, 1.807) is 13.1 Å². The molecule has 1 aliphatic heterocycles. The second-order valence-electron chi connectivity index (χ2n) is 7.70. The monoisotopic (exact) mass is 404 g/mol. The van der Waals surface area contributed by atoms with Crippen molar-refractivity contribution < 1.29 is 4.79 Å². The summed E-state index contributed by atoms with van der Waals surface area (Å²) in [5, 5.41) is 13.7. The molecule has 1 fully saturated rings. The first kappa shape index (κ1) is 18.6.